The van der Waals surface area contributed by atoms with E-state index in [1.54, 1.807) is 0 Å². The number of rotatable bonds is 4. The molecular formula is C17H24N2OS. The Kier molecular flexibility index (Phi) is 5.20. The summed E-state index contributed by atoms with van der Waals surface area (Å²) >= 11 is 1.98. The van der Waals surface area contributed by atoms with E-state index in [1.807, 2.05) is 23.9 Å². The van der Waals surface area contributed by atoms with Gasteiger partial charge in [-0.2, -0.15) is 0 Å². The highest BCUT2D eigenvalue weighted by molar-refractivity contribution is 8.00. The van der Waals surface area contributed by atoms with Crippen molar-refractivity contribution in [1.82, 2.24) is 5.32 Å². The van der Waals surface area contributed by atoms with Crippen LogP contribution in [0.15, 0.2) is 29.2 Å². The fraction of sp³-hybridized carbons (Fsp3) is 0.588. The lowest BCUT2D eigenvalue weighted by molar-refractivity contribution is -0.118. The summed E-state index contributed by atoms with van der Waals surface area (Å²) in [5.74, 6) is 0.103. The Balaban J connectivity index is 1.52. The van der Waals surface area contributed by atoms with Crippen LogP contribution in [-0.2, 0) is 4.79 Å². The quantitative estimate of drug-likeness (QED) is 0.889. The SMILES string of the molecule is O=C(Nc1ccc(SC2CCCC2)cc1)[C@@H]1CCCCN1. The number of carbonyl (C=O) groups is 1. The molecule has 1 aliphatic carbocycles. The predicted molar refractivity (Wildman–Crippen MR) is 88.8 cm³/mol. The highest BCUT2D eigenvalue weighted by atomic mass is 32.2. The molecule has 0 unspecified atom stereocenters. The Labute approximate surface area is 131 Å². The topological polar surface area (TPSA) is 41.1 Å². The first-order valence-corrected chi connectivity index (χ1v) is 9.00. The average molecular weight is 304 g/mol. The van der Waals surface area contributed by atoms with E-state index in [1.165, 1.54) is 37.0 Å². The van der Waals surface area contributed by atoms with E-state index in [4.69, 9.17) is 0 Å². The monoisotopic (exact) mass is 304 g/mol. The molecule has 3 nitrogen and oxygen atoms in total. The Morgan fingerprint density at radius 1 is 1.05 bits per heavy atom. The summed E-state index contributed by atoms with van der Waals surface area (Å²) in [6, 6.07) is 8.29. The molecule has 1 aromatic rings. The minimum Gasteiger partial charge on any atom is -0.325 e. The summed E-state index contributed by atoms with van der Waals surface area (Å²) in [6.07, 6.45) is 8.70. The van der Waals surface area contributed by atoms with E-state index in [0.717, 1.165) is 30.3 Å². The first kappa shape index (κ1) is 14.9. The van der Waals surface area contributed by atoms with Crippen molar-refractivity contribution in [3.63, 3.8) is 0 Å². The third-order valence-corrected chi connectivity index (χ3v) is 5.70. The molecule has 2 N–H and O–H groups in total. The van der Waals surface area contributed by atoms with Crippen LogP contribution in [0.3, 0.4) is 0 Å². The van der Waals surface area contributed by atoms with E-state index < -0.39 is 0 Å². The van der Waals surface area contributed by atoms with Crippen molar-refractivity contribution < 1.29 is 4.79 Å². The van der Waals surface area contributed by atoms with E-state index in [-0.39, 0.29) is 11.9 Å². The molecule has 1 heterocycles. The number of thioether (sulfide) groups is 1. The van der Waals surface area contributed by atoms with Gasteiger partial charge in [0.25, 0.3) is 0 Å². The Morgan fingerprint density at radius 2 is 1.76 bits per heavy atom. The average Bonchev–Trinajstić information content (AvgIpc) is 3.03. The zero-order valence-corrected chi connectivity index (χ0v) is 13.3. The van der Waals surface area contributed by atoms with Crippen LogP contribution in [0.1, 0.15) is 44.9 Å². The molecule has 1 saturated heterocycles. The van der Waals surface area contributed by atoms with Gasteiger partial charge in [0, 0.05) is 15.8 Å². The molecule has 0 aromatic heterocycles. The molecule has 4 heteroatoms. The summed E-state index contributed by atoms with van der Waals surface area (Å²) in [6.45, 7) is 0.953. The van der Waals surface area contributed by atoms with Crippen LogP contribution in [-0.4, -0.2) is 23.7 Å². The fourth-order valence-electron chi connectivity index (χ4n) is 3.12. The molecule has 1 aromatic carbocycles. The molecule has 2 aliphatic rings. The highest BCUT2D eigenvalue weighted by Crippen LogP contribution is 2.34. The molecule has 1 atom stereocenters. The lowest BCUT2D eigenvalue weighted by Gasteiger charge is -2.22. The molecular weight excluding hydrogens is 280 g/mol. The lowest BCUT2D eigenvalue weighted by Crippen LogP contribution is -2.43. The molecule has 0 radical (unpaired) electrons. The minimum absolute atomic E-state index is 0.0220. The zero-order valence-electron chi connectivity index (χ0n) is 12.4. The predicted octanol–water partition coefficient (Wildman–Crippen LogP) is 3.80. The van der Waals surface area contributed by atoms with Crippen LogP contribution in [0.25, 0.3) is 0 Å². The highest BCUT2D eigenvalue weighted by Gasteiger charge is 2.20. The first-order valence-electron chi connectivity index (χ1n) is 8.12. The van der Waals surface area contributed by atoms with Gasteiger partial charge in [-0.05, 0) is 56.5 Å². The molecule has 2 fully saturated rings. The number of amides is 1. The molecule has 114 valence electrons. The molecule has 1 amide bonds. The largest absolute Gasteiger partial charge is 0.325 e. The number of hydrogen-bond donors (Lipinski definition) is 2. The van der Waals surface area contributed by atoms with Gasteiger partial charge in [0.05, 0.1) is 6.04 Å². The fourth-order valence-corrected chi connectivity index (χ4v) is 4.37. The molecule has 3 rings (SSSR count). The van der Waals surface area contributed by atoms with Gasteiger partial charge in [0.2, 0.25) is 5.91 Å². The Hall–Kier alpha value is -1.00. The summed E-state index contributed by atoms with van der Waals surface area (Å²) in [5.41, 5.74) is 0.906. The van der Waals surface area contributed by atoms with Crippen LogP contribution in [0.4, 0.5) is 5.69 Å². The van der Waals surface area contributed by atoms with Crippen LogP contribution < -0.4 is 10.6 Å². The third-order valence-electron chi connectivity index (χ3n) is 4.35. The Bertz CT molecular complexity index is 462. The molecule has 21 heavy (non-hydrogen) atoms. The molecule has 1 aliphatic heterocycles. The second kappa shape index (κ2) is 7.32. The summed E-state index contributed by atoms with van der Waals surface area (Å²) in [5, 5.41) is 7.09. The number of anilines is 1. The van der Waals surface area contributed by atoms with Gasteiger partial charge in [0.15, 0.2) is 0 Å². The summed E-state index contributed by atoms with van der Waals surface area (Å²) in [4.78, 5) is 13.5. The van der Waals surface area contributed by atoms with Gasteiger partial charge in [-0.15, -0.1) is 11.8 Å². The van der Waals surface area contributed by atoms with E-state index in [0.29, 0.717) is 0 Å². The standard InChI is InChI=1S/C17H24N2OS/c20-17(16-7-3-4-12-18-16)19-13-8-10-15(11-9-13)21-14-5-1-2-6-14/h8-11,14,16,18H,1-7,12H2,(H,19,20)/t16-/m0/s1. The van der Waals surface area contributed by atoms with Crippen molar-refractivity contribution in [2.24, 2.45) is 0 Å². The second-order valence-electron chi connectivity index (χ2n) is 6.04. The Morgan fingerprint density at radius 3 is 2.43 bits per heavy atom. The zero-order chi connectivity index (χ0) is 14.5. The van der Waals surface area contributed by atoms with Crippen molar-refractivity contribution in [3.8, 4) is 0 Å². The van der Waals surface area contributed by atoms with Gasteiger partial charge < -0.3 is 10.6 Å². The maximum Gasteiger partial charge on any atom is 0.241 e. The van der Waals surface area contributed by atoms with Gasteiger partial charge >= 0.3 is 0 Å². The molecule has 0 bridgehead atoms. The minimum atomic E-state index is -0.0220. The van der Waals surface area contributed by atoms with E-state index >= 15 is 0 Å². The van der Waals surface area contributed by atoms with Gasteiger partial charge in [-0.3, -0.25) is 4.79 Å². The first-order chi connectivity index (χ1) is 10.3. The van der Waals surface area contributed by atoms with Crippen molar-refractivity contribution in [1.29, 1.82) is 0 Å². The molecule has 0 spiro atoms. The van der Waals surface area contributed by atoms with E-state index in [2.05, 4.69) is 22.8 Å². The number of hydrogen-bond acceptors (Lipinski definition) is 3. The van der Waals surface area contributed by atoms with Crippen molar-refractivity contribution in [3.05, 3.63) is 24.3 Å². The van der Waals surface area contributed by atoms with Crippen LogP contribution >= 0.6 is 11.8 Å². The van der Waals surface area contributed by atoms with Crippen molar-refractivity contribution >= 4 is 23.4 Å². The number of carbonyl (C=O) groups excluding carboxylic acids is 1. The normalized spacial score (nSPS) is 23.1. The summed E-state index contributed by atoms with van der Waals surface area (Å²) < 4.78 is 0. The van der Waals surface area contributed by atoms with Crippen molar-refractivity contribution in [2.75, 3.05) is 11.9 Å². The smallest absolute Gasteiger partial charge is 0.241 e. The van der Waals surface area contributed by atoms with Crippen molar-refractivity contribution in [2.45, 2.75) is 61.1 Å². The van der Waals surface area contributed by atoms with Crippen LogP contribution in [0.5, 0.6) is 0 Å². The number of nitrogens with one attached hydrogen (secondary N) is 2. The third kappa shape index (κ3) is 4.24. The second-order valence-corrected chi connectivity index (χ2v) is 7.41. The summed E-state index contributed by atoms with van der Waals surface area (Å²) in [7, 11) is 0. The van der Waals surface area contributed by atoms with E-state index in [9.17, 15) is 4.79 Å². The van der Waals surface area contributed by atoms with Gasteiger partial charge in [-0.1, -0.05) is 19.3 Å². The van der Waals surface area contributed by atoms with Crippen LogP contribution in [0.2, 0.25) is 0 Å². The number of piperidine rings is 1. The molecule has 1 saturated carbocycles. The van der Waals surface area contributed by atoms with Crippen LogP contribution in [0, 0.1) is 0 Å². The number of benzene rings is 1. The lowest BCUT2D eigenvalue weighted by atomic mass is 10.0. The van der Waals surface area contributed by atoms with Gasteiger partial charge in [-0.25, -0.2) is 0 Å². The maximum atomic E-state index is 12.2. The van der Waals surface area contributed by atoms with Gasteiger partial charge in [0.1, 0.15) is 0 Å². The maximum absolute atomic E-state index is 12.2.